The van der Waals surface area contributed by atoms with Gasteiger partial charge in [-0.15, -0.1) is 0 Å². The van der Waals surface area contributed by atoms with Crippen molar-refractivity contribution in [1.29, 1.82) is 0 Å². The number of Topliss-reactive ketones (excluding diaryl/α,β-unsaturated/α-hetero) is 1. The Morgan fingerprint density at radius 2 is 1.70 bits per heavy atom. The van der Waals surface area contributed by atoms with Crippen molar-refractivity contribution in [3.05, 3.63) is 17.7 Å². The van der Waals surface area contributed by atoms with Gasteiger partial charge in [0.1, 0.15) is 22.8 Å². The number of carbonyl (C=O) groups is 1. The van der Waals surface area contributed by atoms with Crippen LogP contribution in [-0.4, -0.2) is 45.6 Å². The van der Waals surface area contributed by atoms with E-state index in [1.807, 2.05) is 0 Å². The highest BCUT2D eigenvalue weighted by atomic mass is 16.3. The summed E-state index contributed by atoms with van der Waals surface area (Å²) in [6.07, 6.45) is 2.00. The molecule has 0 unspecified atom stereocenters. The lowest BCUT2D eigenvalue weighted by Crippen LogP contribution is -2.25. The summed E-state index contributed by atoms with van der Waals surface area (Å²) in [6, 6.07) is 2.12. The fraction of sp³-hybridized carbons (Fsp3) is 0.533. The van der Waals surface area contributed by atoms with E-state index in [-0.39, 0.29) is 35.0 Å². The first-order valence-electron chi connectivity index (χ1n) is 7.00. The van der Waals surface area contributed by atoms with Crippen LogP contribution in [0.15, 0.2) is 12.1 Å². The van der Waals surface area contributed by atoms with Gasteiger partial charge >= 0.3 is 0 Å². The van der Waals surface area contributed by atoms with Crippen molar-refractivity contribution in [3.63, 3.8) is 0 Å². The first-order valence-corrected chi connectivity index (χ1v) is 7.00. The second-order valence-corrected chi connectivity index (χ2v) is 4.82. The maximum Gasteiger partial charge on any atom is 0.170 e. The highest BCUT2D eigenvalue weighted by Gasteiger charge is 2.17. The van der Waals surface area contributed by atoms with E-state index in [1.54, 1.807) is 0 Å². The number of carbonyl (C=O) groups excluding carboxylic acids is 1. The van der Waals surface area contributed by atoms with Gasteiger partial charge in [-0.3, -0.25) is 4.79 Å². The zero-order valence-electron chi connectivity index (χ0n) is 12.1. The molecule has 1 rings (SSSR count). The molecule has 0 aliphatic carbocycles. The molecule has 5 nitrogen and oxygen atoms in total. The van der Waals surface area contributed by atoms with E-state index in [9.17, 15) is 20.1 Å². The summed E-state index contributed by atoms with van der Waals surface area (Å²) >= 11 is 0. The number of hydrogen-bond acceptors (Lipinski definition) is 5. The Bertz CT molecular complexity index is 436. The van der Waals surface area contributed by atoms with Crippen molar-refractivity contribution in [1.82, 2.24) is 4.90 Å². The molecule has 0 aliphatic rings. The fourth-order valence-electron chi connectivity index (χ4n) is 2.22. The van der Waals surface area contributed by atoms with Crippen LogP contribution in [0.3, 0.4) is 0 Å². The smallest absolute Gasteiger partial charge is 0.170 e. The molecule has 0 saturated carbocycles. The van der Waals surface area contributed by atoms with Gasteiger partial charge in [-0.2, -0.15) is 0 Å². The van der Waals surface area contributed by atoms with Crippen molar-refractivity contribution < 1.29 is 20.1 Å². The number of nitrogens with zero attached hydrogens (tertiary/aromatic N) is 1. The molecule has 5 heteroatoms. The molecule has 3 N–H and O–H groups in total. The van der Waals surface area contributed by atoms with Crippen LogP contribution in [-0.2, 0) is 0 Å². The van der Waals surface area contributed by atoms with Crippen molar-refractivity contribution >= 4 is 5.78 Å². The third kappa shape index (κ3) is 4.42. The van der Waals surface area contributed by atoms with Crippen LogP contribution in [0.5, 0.6) is 17.2 Å². The van der Waals surface area contributed by atoms with E-state index in [0.29, 0.717) is 6.42 Å². The number of rotatable bonds is 8. The van der Waals surface area contributed by atoms with Gasteiger partial charge in [0, 0.05) is 18.6 Å². The number of phenols is 3. The van der Waals surface area contributed by atoms with Crippen molar-refractivity contribution in [2.45, 2.75) is 33.1 Å². The van der Waals surface area contributed by atoms with Crippen molar-refractivity contribution in [2.24, 2.45) is 0 Å². The van der Waals surface area contributed by atoms with E-state index in [1.165, 1.54) is 0 Å². The van der Waals surface area contributed by atoms with Gasteiger partial charge in [-0.25, -0.2) is 0 Å². The van der Waals surface area contributed by atoms with Gasteiger partial charge in [-0.1, -0.05) is 13.8 Å². The number of ketones is 1. The normalized spacial score (nSPS) is 10.9. The van der Waals surface area contributed by atoms with Crippen LogP contribution in [0.4, 0.5) is 0 Å². The molecule has 0 saturated heterocycles. The molecule has 1 aromatic rings. The molecule has 0 aliphatic heterocycles. The lowest BCUT2D eigenvalue weighted by atomic mass is 10.0. The van der Waals surface area contributed by atoms with Gasteiger partial charge in [0.25, 0.3) is 0 Å². The van der Waals surface area contributed by atoms with Crippen LogP contribution in [0.25, 0.3) is 0 Å². The monoisotopic (exact) mass is 281 g/mol. The number of phenolic OH excluding ortho intramolecular Hbond substituents is 3. The Morgan fingerprint density at radius 1 is 1.10 bits per heavy atom. The third-order valence-corrected chi connectivity index (χ3v) is 3.23. The maximum atomic E-state index is 12.0. The van der Waals surface area contributed by atoms with E-state index in [2.05, 4.69) is 18.7 Å². The maximum absolute atomic E-state index is 12.0. The molecule has 0 atom stereocenters. The Morgan fingerprint density at radius 3 is 2.20 bits per heavy atom. The summed E-state index contributed by atoms with van der Waals surface area (Å²) < 4.78 is 0. The van der Waals surface area contributed by atoms with Crippen molar-refractivity contribution in [2.75, 3.05) is 19.6 Å². The van der Waals surface area contributed by atoms with Crippen molar-refractivity contribution in [3.8, 4) is 17.2 Å². The molecule has 0 aromatic heterocycles. The molecule has 20 heavy (non-hydrogen) atoms. The summed E-state index contributed by atoms with van der Waals surface area (Å²) in [5.41, 5.74) is -0.110. The molecule has 112 valence electrons. The predicted molar refractivity (Wildman–Crippen MR) is 77.4 cm³/mol. The topological polar surface area (TPSA) is 81.0 Å². The minimum atomic E-state index is -0.381. The second kappa shape index (κ2) is 7.75. The fourth-order valence-corrected chi connectivity index (χ4v) is 2.22. The first kappa shape index (κ1) is 16.3. The standard InChI is InChI=1S/C15H23NO4/c1-3-7-16(4-2)8-5-6-12(18)15-13(19)9-11(17)10-14(15)20/h9-10,17,19-20H,3-8H2,1-2H3. The van der Waals surface area contributed by atoms with E-state index < -0.39 is 0 Å². The van der Waals surface area contributed by atoms with Crippen LogP contribution in [0.2, 0.25) is 0 Å². The second-order valence-electron chi connectivity index (χ2n) is 4.82. The minimum absolute atomic E-state index is 0.110. The van der Waals surface area contributed by atoms with Gasteiger partial charge in [0.2, 0.25) is 0 Å². The molecular weight excluding hydrogens is 258 g/mol. The average Bonchev–Trinajstić information content (AvgIpc) is 2.36. The summed E-state index contributed by atoms with van der Waals surface area (Å²) in [7, 11) is 0. The SMILES string of the molecule is CCCN(CC)CCCC(=O)c1c(O)cc(O)cc1O. The molecule has 0 fully saturated rings. The summed E-state index contributed by atoms with van der Waals surface area (Å²) in [6.45, 7) is 6.95. The molecule has 1 aromatic carbocycles. The minimum Gasteiger partial charge on any atom is -0.508 e. The summed E-state index contributed by atoms with van der Waals surface area (Å²) in [5, 5.41) is 28.5. The van der Waals surface area contributed by atoms with E-state index in [4.69, 9.17) is 0 Å². The zero-order chi connectivity index (χ0) is 15.1. The highest BCUT2D eigenvalue weighted by molar-refractivity contribution is 6.01. The Kier molecular flexibility index (Phi) is 6.31. The Labute approximate surface area is 119 Å². The average molecular weight is 281 g/mol. The molecule has 0 radical (unpaired) electrons. The Hall–Kier alpha value is -1.75. The van der Waals surface area contributed by atoms with Crippen LogP contribution in [0.1, 0.15) is 43.5 Å². The largest absolute Gasteiger partial charge is 0.508 e. The van der Waals surface area contributed by atoms with E-state index >= 15 is 0 Å². The first-order chi connectivity index (χ1) is 9.49. The number of aromatic hydroxyl groups is 3. The van der Waals surface area contributed by atoms with Crippen LogP contribution < -0.4 is 0 Å². The summed E-state index contributed by atoms with van der Waals surface area (Å²) in [4.78, 5) is 14.3. The molecular formula is C15H23NO4. The molecule has 0 amide bonds. The molecule has 0 heterocycles. The lowest BCUT2D eigenvalue weighted by Gasteiger charge is -2.19. The highest BCUT2D eigenvalue weighted by Crippen LogP contribution is 2.32. The quantitative estimate of drug-likeness (QED) is 0.638. The predicted octanol–water partition coefficient (Wildman–Crippen LogP) is 2.50. The molecule has 0 bridgehead atoms. The number of hydrogen-bond donors (Lipinski definition) is 3. The Balaban J connectivity index is 2.60. The van der Waals surface area contributed by atoms with Crippen LogP contribution >= 0.6 is 0 Å². The van der Waals surface area contributed by atoms with E-state index in [0.717, 1.165) is 38.2 Å². The van der Waals surface area contributed by atoms with Gasteiger partial charge < -0.3 is 20.2 Å². The van der Waals surface area contributed by atoms with Gasteiger partial charge in [0.15, 0.2) is 5.78 Å². The van der Waals surface area contributed by atoms with Crippen LogP contribution in [0, 0.1) is 0 Å². The zero-order valence-corrected chi connectivity index (χ0v) is 12.1. The molecule has 0 spiro atoms. The van der Waals surface area contributed by atoms with Gasteiger partial charge in [0.05, 0.1) is 0 Å². The lowest BCUT2D eigenvalue weighted by molar-refractivity contribution is 0.0969. The van der Waals surface area contributed by atoms with Gasteiger partial charge in [-0.05, 0) is 32.5 Å². The third-order valence-electron chi connectivity index (χ3n) is 3.23. The summed E-state index contributed by atoms with van der Waals surface area (Å²) in [5.74, 6) is -1.34. The number of benzene rings is 1.